The molecule has 0 saturated carbocycles. The quantitative estimate of drug-likeness (QED) is 0.741. The van der Waals surface area contributed by atoms with Crippen LogP contribution in [-0.4, -0.2) is 52.6 Å². The van der Waals surface area contributed by atoms with Crippen molar-refractivity contribution in [2.45, 2.75) is 45.8 Å². The number of carbonyl (C=O) groups excluding carboxylic acids is 3. The van der Waals surface area contributed by atoms with Gasteiger partial charge in [-0.25, -0.2) is 4.79 Å². The van der Waals surface area contributed by atoms with Gasteiger partial charge in [0.05, 0.1) is 6.61 Å². The summed E-state index contributed by atoms with van der Waals surface area (Å²) in [5.41, 5.74) is 0.212. The van der Waals surface area contributed by atoms with E-state index < -0.39 is 23.7 Å². The smallest absolute Gasteiger partial charge is 0.415 e. The first-order valence-corrected chi connectivity index (χ1v) is 8.91. The Labute approximate surface area is 159 Å². The molecule has 27 heavy (non-hydrogen) atoms. The zero-order valence-electron chi connectivity index (χ0n) is 16.2. The predicted octanol–water partition coefficient (Wildman–Crippen LogP) is 2.71. The van der Waals surface area contributed by atoms with Crippen molar-refractivity contribution in [1.82, 2.24) is 9.80 Å². The lowest BCUT2D eigenvalue weighted by Gasteiger charge is -2.36. The molecule has 0 saturated heterocycles. The molecule has 146 valence electrons. The van der Waals surface area contributed by atoms with Gasteiger partial charge in [-0.05, 0) is 33.3 Å². The SMILES string of the molecule is CCOC(=O)CN1C=CN(C(=O)OC(C)(C)C)C(Cc2ccccc2)C1=O. The molecule has 0 fully saturated rings. The van der Waals surface area contributed by atoms with Gasteiger partial charge in [-0.15, -0.1) is 0 Å². The van der Waals surface area contributed by atoms with Gasteiger partial charge in [0.15, 0.2) is 0 Å². The first kappa shape index (κ1) is 20.5. The van der Waals surface area contributed by atoms with E-state index in [0.29, 0.717) is 6.42 Å². The lowest BCUT2D eigenvalue weighted by atomic mass is 10.0. The summed E-state index contributed by atoms with van der Waals surface area (Å²) in [5, 5.41) is 0. The predicted molar refractivity (Wildman–Crippen MR) is 99.5 cm³/mol. The second kappa shape index (κ2) is 8.70. The van der Waals surface area contributed by atoms with Gasteiger partial charge in [0.2, 0.25) is 0 Å². The normalized spacial score (nSPS) is 17.0. The summed E-state index contributed by atoms with van der Waals surface area (Å²) in [5.74, 6) is -0.861. The van der Waals surface area contributed by atoms with Crippen LogP contribution < -0.4 is 0 Å². The minimum atomic E-state index is -0.804. The van der Waals surface area contributed by atoms with Crippen molar-refractivity contribution in [3.05, 3.63) is 48.3 Å². The molecule has 1 aromatic carbocycles. The second-order valence-corrected chi connectivity index (χ2v) is 7.16. The van der Waals surface area contributed by atoms with Gasteiger partial charge in [-0.2, -0.15) is 0 Å². The number of nitrogens with zero attached hydrogens (tertiary/aromatic N) is 2. The van der Waals surface area contributed by atoms with Gasteiger partial charge >= 0.3 is 12.1 Å². The summed E-state index contributed by atoms with van der Waals surface area (Å²) in [6, 6.07) is 8.58. The van der Waals surface area contributed by atoms with E-state index in [0.717, 1.165) is 5.56 Å². The third kappa shape index (κ3) is 5.84. The zero-order valence-corrected chi connectivity index (χ0v) is 16.2. The van der Waals surface area contributed by atoms with Crippen LogP contribution in [0.3, 0.4) is 0 Å². The van der Waals surface area contributed by atoms with Crippen LogP contribution in [-0.2, 0) is 25.5 Å². The maximum atomic E-state index is 13.0. The molecule has 1 unspecified atom stereocenters. The minimum Gasteiger partial charge on any atom is -0.465 e. The van der Waals surface area contributed by atoms with Crippen molar-refractivity contribution >= 4 is 18.0 Å². The van der Waals surface area contributed by atoms with E-state index in [1.807, 2.05) is 30.3 Å². The van der Waals surface area contributed by atoms with Gasteiger partial charge in [0, 0.05) is 18.8 Å². The molecular weight excluding hydrogens is 348 g/mol. The molecule has 0 N–H and O–H groups in total. The van der Waals surface area contributed by atoms with E-state index in [2.05, 4.69) is 0 Å². The van der Waals surface area contributed by atoms with Crippen LogP contribution in [0, 0.1) is 0 Å². The second-order valence-electron chi connectivity index (χ2n) is 7.16. The Morgan fingerprint density at radius 1 is 1.11 bits per heavy atom. The molecule has 7 heteroatoms. The summed E-state index contributed by atoms with van der Waals surface area (Å²) < 4.78 is 10.3. The van der Waals surface area contributed by atoms with Crippen molar-refractivity contribution in [2.75, 3.05) is 13.2 Å². The Kier molecular flexibility index (Phi) is 6.60. The summed E-state index contributed by atoms with van der Waals surface area (Å²) in [6.45, 7) is 7.03. The molecule has 2 amide bonds. The lowest BCUT2D eigenvalue weighted by Crippen LogP contribution is -2.53. The number of esters is 1. The summed E-state index contributed by atoms with van der Waals surface area (Å²) >= 11 is 0. The average molecular weight is 374 g/mol. The van der Waals surface area contributed by atoms with Gasteiger partial charge in [-0.3, -0.25) is 14.5 Å². The van der Waals surface area contributed by atoms with E-state index in [-0.39, 0.29) is 19.1 Å². The number of hydrogen-bond acceptors (Lipinski definition) is 5. The molecule has 0 bridgehead atoms. The number of ether oxygens (including phenoxy) is 2. The van der Waals surface area contributed by atoms with Crippen LogP contribution >= 0.6 is 0 Å². The van der Waals surface area contributed by atoms with E-state index in [1.54, 1.807) is 27.7 Å². The van der Waals surface area contributed by atoms with Crippen molar-refractivity contribution in [3.8, 4) is 0 Å². The van der Waals surface area contributed by atoms with Crippen LogP contribution in [0.25, 0.3) is 0 Å². The first-order chi connectivity index (χ1) is 12.7. The molecular formula is C20H26N2O5. The van der Waals surface area contributed by atoms with Gasteiger partial charge < -0.3 is 14.4 Å². The summed E-state index contributed by atoms with van der Waals surface area (Å²) in [4.78, 5) is 39.9. The van der Waals surface area contributed by atoms with Crippen LogP contribution in [0.5, 0.6) is 0 Å². The largest absolute Gasteiger partial charge is 0.465 e. The number of rotatable bonds is 5. The Balaban J connectivity index is 2.25. The molecule has 1 aromatic rings. The molecule has 1 aliphatic rings. The highest BCUT2D eigenvalue weighted by Gasteiger charge is 2.37. The van der Waals surface area contributed by atoms with Crippen molar-refractivity contribution in [2.24, 2.45) is 0 Å². The van der Waals surface area contributed by atoms with Crippen molar-refractivity contribution in [1.29, 1.82) is 0 Å². The third-order valence-electron chi connectivity index (χ3n) is 3.79. The third-order valence-corrected chi connectivity index (χ3v) is 3.79. The summed E-state index contributed by atoms with van der Waals surface area (Å²) in [7, 11) is 0. The van der Waals surface area contributed by atoms with E-state index in [4.69, 9.17) is 9.47 Å². The molecule has 1 atom stereocenters. The number of amides is 2. The Hall–Kier alpha value is -2.83. The highest BCUT2D eigenvalue weighted by molar-refractivity contribution is 5.91. The van der Waals surface area contributed by atoms with Crippen molar-refractivity contribution in [3.63, 3.8) is 0 Å². The van der Waals surface area contributed by atoms with Crippen LogP contribution in [0.4, 0.5) is 4.79 Å². The molecule has 0 spiro atoms. The lowest BCUT2D eigenvalue weighted by molar-refractivity contribution is -0.149. The highest BCUT2D eigenvalue weighted by atomic mass is 16.6. The van der Waals surface area contributed by atoms with Crippen LogP contribution in [0.15, 0.2) is 42.7 Å². The van der Waals surface area contributed by atoms with E-state index >= 15 is 0 Å². The van der Waals surface area contributed by atoms with E-state index in [1.165, 1.54) is 22.2 Å². The maximum absolute atomic E-state index is 13.0. The molecule has 1 aliphatic heterocycles. The Morgan fingerprint density at radius 2 is 1.78 bits per heavy atom. The number of benzene rings is 1. The molecule has 2 rings (SSSR count). The average Bonchev–Trinajstić information content (AvgIpc) is 2.58. The fourth-order valence-corrected chi connectivity index (χ4v) is 2.64. The molecule has 1 heterocycles. The topological polar surface area (TPSA) is 76.2 Å². The number of hydrogen-bond donors (Lipinski definition) is 0. The Bertz CT molecular complexity index is 709. The standard InChI is InChI=1S/C20H26N2O5/c1-5-26-17(23)14-21-11-12-22(19(25)27-20(2,3)4)16(18(21)24)13-15-9-7-6-8-10-15/h6-12,16H,5,13-14H2,1-4H3. The van der Waals surface area contributed by atoms with Gasteiger partial charge in [-0.1, -0.05) is 30.3 Å². The zero-order chi connectivity index (χ0) is 20.0. The first-order valence-electron chi connectivity index (χ1n) is 8.91. The van der Waals surface area contributed by atoms with Crippen LogP contribution in [0.2, 0.25) is 0 Å². The van der Waals surface area contributed by atoms with Gasteiger partial charge in [0.1, 0.15) is 18.2 Å². The van der Waals surface area contributed by atoms with Crippen molar-refractivity contribution < 1.29 is 23.9 Å². The monoisotopic (exact) mass is 374 g/mol. The number of carbonyl (C=O) groups is 3. The fourth-order valence-electron chi connectivity index (χ4n) is 2.64. The molecule has 0 radical (unpaired) electrons. The highest BCUT2D eigenvalue weighted by Crippen LogP contribution is 2.21. The molecule has 0 aromatic heterocycles. The molecule has 7 nitrogen and oxygen atoms in total. The van der Waals surface area contributed by atoms with E-state index in [9.17, 15) is 14.4 Å². The van der Waals surface area contributed by atoms with Gasteiger partial charge in [0.25, 0.3) is 5.91 Å². The fraction of sp³-hybridized carbons (Fsp3) is 0.450. The molecule has 0 aliphatic carbocycles. The Morgan fingerprint density at radius 3 is 2.37 bits per heavy atom. The summed E-state index contributed by atoms with van der Waals surface area (Å²) in [6.07, 6.45) is 2.58. The maximum Gasteiger partial charge on any atom is 0.415 e. The minimum absolute atomic E-state index is 0.198. The van der Waals surface area contributed by atoms with Crippen LogP contribution in [0.1, 0.15) is 33.3 Å².